The summed E-state index contributed by atoms with van der Waals surface area (Å²) in [6.07, 6.45) is 0. The first-order chi connectivity index (χ1) is 13.7. The Hall–Kier alpha value is -2.30. The highest BCUT2D eigenvalue weighted by atomic mass is 79.9. The van der Waals surface area contributed by atoms with E-state index in [9.17, 15) is 18.0 Å². The molecule has 0 fully saturated rings. The lowest BCUT2D eigenvalue weighted by atomic mass is 10.2. The predicted molar refractivity (Wildman–Crippen MR) is 114 cm³/mol. The van der Waals surface area contributed by atoms with Gasteiger partial charge >= 0.3 is 5.76 Å². The Kier molecular flexibility index (Phi) is 6.06. The van der Waals surface area contributed by atoms with Crippen LogP contribution in [0.2, 0.25) is 5.02 Å². The average molecular weight is 503 g/mol. The summed E-state index contributed by atoms with van der Waals surface area (Å²) in [5.74, 6) is -0.954. The number of aromatic nitrogens is 1. The van der Waals surface area contributed by atoms with E-state index in [1.54, 1.807) is 17.0 Å². The minimum Gasteiger partial charge on any atom is -0.406 e. The fourth-order valence-corrected chi connectivity index (χ4v) is 5.78. The quantitative estimate of drug-likeness (QED) is 0.532. The number of aromatic amines is 1. The van der Waals surface area contributed by atoms with Gasteiger partial charge in [-0.1, -0.05) is 17.7 Å². The Balaban J connectivity index is 2.01. The molecular formula is C18H17BrClN3O5S. The molecular weight excluding hydrogens is 486 g/mol. The van der Waals surface area contributed by atoms with Crippen molar-refractivity contribution < 1.29 is 17.6 Å². The molecule has 3 aromatic rings. The second-order valence-corrected chi connectivity index (χ2v) is 8.91. The van der Waals surface area contributed by atoms with E-state index in [-0.39, 0.29) is 37.1 Å². The highest BCUT2D eigenvalue weighted by molar-refractivity contribution is 9.10. The molecule has 0 aliphatic rings. The summed E-state index contributed by atoms with van der Waals surface area (Å²) in [5, 5.41) is -0.240. The van der Waals surface area contributed by atoms with E-state index in [4.69, 9.17) is 16.0 Å². The first kappa shape index (κ1) is 21.4. The van der Waals surface area contributed by atoms with E-state index in [1.165, 1.54) is 18.2 Å². The number of halogens is 2. The van der Waals surface area contributed by atoms with E-state index in [0.717, 1.165) is 0 Å². The first-order valence-corrected chi connectivity index (χ1v) is 11.3. The Bertz CT molecular complexity index is 1250. The Labute approximate surface area is 180 Å². The van der Waals surface area contributed by atoms with Gasteiger partial charge in [-0.3, -0.25) is 14.5 Å². The van der Waals surface area contributed by atoms with E-state index in [2.05, 4.69) is 25.6 Å². The Morgan fingerprint density at radius 2 is 1.97 bits per heavy atom. The average Bonchev–Trinajstić information content (AvgIpc) is 3.02. The number of nitrogens with zero attached hydrogens (tertiary/aromatic N) is 1. The number of anilines is 1. The zero-order valence-electron chi connectivity index (χ0n) is 15.5. The largest absolute Gasteiger partial charge is 0.417 e. The van der Waals surface area contributed by atoms with Crippen molar-refractivity contribution in [2.45, 2.75) is 18.7 Å². The summed E-state index contributed by atoms with van der Waals surface area (Å²) < 4.78 is 33.4. The number of carbonyl (C=O) groups is 1. The van der Waals surface area contributed by atoms with Crippen LogP contribution in [-0.2, 0) is 10.0 Å². The standard InChI is InChI=1S/C18H17BrClN3O5S/c1-3-23(4-2)17(24)10-6-5-7-11(8-10)22-29(26,27)16-12(19)9-13-15(14(16)20)28-18(25)21-13/h5-9,22H,3-4H2,1-2H3,(H,21,25). The summed E-state index contributed by atoms with van der Waals surface area (Å²) in [7, 11) is -4.16. The molecule has 11 heteroatoms. The van der Waals surface area contributed by atoms with Crippen LogP contribution < -0.4 is 10.5 Å². The van der Waals surface area contributed by atoms with Gasteiger partial charge in [0.2, 0.25) is 0 Å². The van der Waals surface area contributed by atoms with Gasteiger partial charge in [0.25, 0.3) is 15.9 Å². The van der Waals surface area contributed by atoms with Crippen molar-refractivity contribution in [2.24, 2.45) is 0 Å². The number of benzene rings is 2. The third-order valence-corrected chi connectivity index (χ3v) is 7.07. The van der Waals surface area contributed by atoms with Crippen LogP contribution in [0.25, 0.3) is 11.1 Å². The number of hydrogen-bond donors (Lipinski definition) is 2. The number of nitrogens with one attached hydrogen (secondary N) is 2. The third-order valence-electron chi connectivity index (χ3n) is 4.24. The number of carbonyl (C=O) groups excluding carboxylic acids is 1. The van der Waals surface area contributed by atoms with Crippen molar-refractivity contribution in [1.82, 2.24) is 9.88 Å². The van der Waals surface area contributed by atoms with Gasteiger partial charge in [-0.25, -0.2) is 13.2 Å². The fourth-order valence-electron chi connectivity index (χ4n) is 2.87. The second kappa shape index (κ2) is 8.21. The molecule has 3 rings (SSSR count). The Morgan fingerprint density at radius 3 is 2.62 bits per heavy atom. The SMILES string of the molecule is CCN(CC)C(=O)c1cccc(NS(=O)(=O)c2c(Br)cc3[nH]c(=O)oc3c2Cl)c1. The minimum absolute atomic E-state index is 0.0642. The molecule has 1 heterocycles. The molecule has 0 unspecified atom stereocenters. The first-order valence-electron chi connectivity index (χ1n) is 8.61. The van der Waals surface area contributed by atoms with Crippen LogP contribution in [0.3, 0.4) is 0 Å². The predicted octanol–water partition coefficient (Wildman–Crippen LogP) is 3.82. The van der Waals surface area contributed by atoms with Gasteiger partial charge in [0.15, 0.2) is 5.58 Å². The highest BCUT2D eigenvalue weighted by Crippen LogP contribution is 2.36. The van der Waals surface area contributed by atoms with Gasteiger partial charge in [-0.05, 0) is 54.0 Å². The molecule has 0 spiro atoms. The van der Waals surface area contributed by atoms with Crippen LogP contribution in [0.5, 0.6) is 0 Å². The number of oxazole rings is 1. The molecule has 2 aromatic carbocycles. The number of fused-ring (bicyclic) bond motifs is 1. The lowest BCUT2D eigenvalue weighted by Crippen LogP contribution is -2.30. The molecule has 8 nitrogen and oxygen atoms in total. The zero-order valence-corrected chi connectivity index (χ0v) is 18.6. The van der Waals surface area contributed by atoms with Crippen molar-refractivity contribution in [3.05, 3.63) is 55.9 Å². The molecule has 0 atom stereocenters. The van der Waals surface area contributed by atoms with Crippen molar-refractivity contribution in [2.75, 3.05) is 17.8 Å². The third kappa shape index (κ3) is 4.19. The van der Waals surface area contributed by atoms with Crippen LogP contribution >= 0.6 is 27.5 Å². The number of sulfonamides is 1. The molecule has 29 heavy (non-hydrogen) atoms. The number of H-pyrrole nitrogens is 1. The lowest BCUT2D eigenvalue weighted by molar-refractivity contribution is 0.0773. The molecule has 0 saturated carbocycles. The summed E-state index contributed by atoms with van der Waals surface area (Å²) in [5.41, 5.74) is 0.746. The van der Waals surface area contributed by atoms with Crippen molar-refractivity contribution in [3.63, 3.8) is 0 Å². The maximum absolute atomic E-state index is 13.0. The molecule has 1 amide bonds. The zero-order chi connectivity index (χ0) is 21.3. The smallest absolute Gasteiger partial charge is 0.406 e. The van der Waals surface area contributed by atoms with Gasteiger partial charge < -0.3 is 9.32 Å². The van der Waals surface area contributed by atoms with Crippen LogP contribution in [0, 0.1) is 0 Å². The molecule has 0 aliphatic heterocycles. The van der Waals surface area contributed by atoms with E-state index in [1.807, 2.05) is 13.8 Å². The number of hydrogen-bond acceptors (Lipinski definition) is 5. The minimum atomic E-state index is -4.16. The van der Waals surface area contributed by atoms with Crippen molar-refractivity contribution in [3.8, 4) is 0 Å². The van der Waals surface area contributed by atoms with E-state index < -0.39 is 15.8 Å². The van der Waals surface area contributed by atoms with Gasteiger partial charge in [0.1, 0.15) is 9.92 Å². The van der Waals surface area contributed by atoms with Crippen LogP contribution in [0.1, 0.15) is 24.2 Å². The van der Waals surface area contributed by atoms with E-state index >= 15 is 0 Å². The summed E-state index contributed by atoms with van der Waals surface area (Å²) in [4.78, 5) is 27.7. The van der Waals surface area contributed by atoms with Crippen LogP contribution in [0.4, 0.5) is 5.69 Å². The van der Waals surface area contributed by atoms with Crippen LogP contribution in [0.15, 0.2) is 48.9 Å². The lowest BCUT2D eigenvalue weighted by Gasteiger charge is -2.19. The van der Waals surface area contributed by atoms with Gasteiger partial charge in [0.05, 0.1) is 5.52 Å². The summed E-state index contributed by atoms with van der Waals surface area (Å²) >= 11 is 9.38. The monoisotopic (exact) mass is 501 g/mol. The van der Waals surface area contributed by atoms with Gasteiger partial charge in [-0.2, -0.15) is 0 Å². The Morgan fingerprint density at radius 1 is 1.28 bits per heavy atom. The van der Waals surface area contributed by atoms with Gasteiger partial charge in [0, 0.05) is 28.8 Å². The molecule has 0 aliphatic carbocycles. The maximum atomic E-state index is 13.0. The summed E-state index contributed by atoms with van der Waals surface area (Å²) in [6, 6.07) is 7.56. The topological polar surface area (TPSA) is 112 Å². The normalized spacial score (nSPS) is 11.6. The molecule has 0 saturated heterocycles. The number of rotatable bonds is 6. The molecule has 2 N–H and O–H groups in total. The van der Waals surface area contributed by atoms with Crippen LogP contribution in [-0.4, -0.2) is 37.3 Å². The molecule has 0 bridgehead atoms. The van der Waals surface area contributed by atoms with Gasteiger partial charge in [-0.15, -0.1) is 0 Å². The summed E-state index contributed by atoms with van der Waals surface area (Å²) in [6.45, 7) is 4.80. The second-order valence-electron chi connectivity index (χ2n) is 6.06. The van der Waals surface area contributed by atoms with E-state index in [0.29, 0.717) is 18.7 Å². The number of amides is 1. The molecule has 154 valence electrons. The highest BCUT2D eigenvalue weighted by Gasteiger charge is 2.26. The molecule has 1 aromatic heterocycles. The maximum Gasteiger partial charge on any atom is 0.417 e. The molecule has 0 radical (unpaired) electrons. The fraction of sp³-hybridized carbons (Fsp3) is 0.222. The van der Waals surface area contributed by atoms with Crippen molar-refractivity contribution >= 4 is 60.2 Å². The van der Waals surface area contributed by atoms with Crippen molar-refractivity contribution in [1.29, 1.82) is 0 Å².